The molecule has 0 bridgehead atoms. The van der Waals surface area contributed by atoms with Gasteiger partial charge in [-0.3, -0.25) is 14.7 Å². The monoisotopic (exact) mass is 301 g/mol. The van der Waals surface area contributed by atoms with Gasteiger partial charge in [-0.1, -0.05) is 0 Å². The van der Waals surface area contributed by atoms with Crippen LogP contribution in [-0.2, 0) is 0 Å². The summed E-state index contributed by atoms with van der Waals surface area (Å²) >= 11 is 0. The van der Waals surface area contributed by atoms with Gasteiger partial charge in [-0.25, -0.2) is 9.50 Å². The molecule has 2 aliphatic rings. The summed E-state index contributed by atoms with van der Waals surface area (Å²) in [4.78, 5) is 31.0. The zero-order chi connectivity index (χ0) is 15.4. The largest absolute Gasteiger partial charge is 0.337 e. The molecule has 1 aliphatic heterocycles. The van der Waals surface area contributed by atoms with Crippen LogP contribution >= 0.6 is 0 Å². The van der Waals surface area contributed by atoms with Crippen LogP contribution in [0.25, 0.3) is 5.65 Å². The Morgan fingerprint density at radius 3 is 2.91 bits per heavy atom. The lowest BCUT2D eigenvalue weighted by Gasteiger charge is -2.15. The number of fused-ring (bicyclic) bond motifs is 1. The van der Waals surface area contributed by atoms with E-state index >= 15 is 0 Å². The van der Waals surface area contributed by atoms with Crippen molar-refractivity contribution in [2.75, 3.05) is 13.1 Å². The Kier molecular flexibility index (Phi) is 2.87. The highest BCUT2D eigenvalue weighted by atomic mass is 16.2. The van der Waals surface area contributed by atoms with Gasteiger partial charge in [0.15, 0.2) is 5.65 Å². The standard InChI is InChI=1S/C15H19N5O2/c1-8-4-13-17-5-10(15(22)20(13)18-8)14(21)19-6-11(9-2-3-9)12(16)7-19/h4-5,9,11-12,18H,2-3,6-7,16H2,1H3/t11-,12+/m0/s1. The number of aryl methyl sites for hydroxylation is 1. The van der Waals surface area contributed by atoms with E-state index in [1.807, 2.05) is 6.92 Å². The SMILES string of the molecule is Cc1cc2ncc(C(=O)N3C[C@@H](N)[C@H](C4CC4)C3)c(=O)n2[nH]1. The molecule has 7 heteroatoms. The van der Waals surface area contributed by atoms with Crippen LogP contribution in [0.3, 0.4) is 0 Å². The molecule has 0 spiro atoms. The third-order valence-electron chi connectivity index (χ3n) is 4.78. The number of amides is 1. The van der Waals surface area contributed by atoms with Gasteiger partial charge in [0.1, 0.15) is 5.56 Å². The molecule has 4 rings (SSSR count). The summed E-state index contributed by atoms with van der Waals surface area (Å²) in [5.74, 6) is 0.759. The number of rotatable bonds is 2. The predicted molar refractivity (Wildman–Crippen MR) is 80.6 cm³/mol. The molecule has 1 saturated heterocycles. The Morgan fingerprint density at radius 2 is 2.18 bits per heavy atom. The highest BCUT2D eigenvalue weighted by Gasteiger charge is 2.42. The van der Waals surface area contributed by atoms with Crippen LogP contribution in [0, 0.1) is 18.8 Å². The minimum absolute atomic E-state index is 0.0172. The van der Waals surface area contributed by atoms with Gasteiger partial charge < -0.3 is 10.6 Å². The molecule has 1 amide bonds. The number of hydrogen-bond acceptors (Lipinski definition) is 4. The summed E-state index contributed by atoms with van der Waals surface area (Å²) in [6.07, 6.45) is 3.79. The molecular weight excluding hydrogens is 282 g/mol. The average Bonchev–Trinajstić information content (AvgIpc) is 3.14. The van der Waals surface area contributed by atoms with Crippen LogP contribution in [0.5, 0.6) is 0 Å². The maximum absolute atomic E-state index is 12.7. The van der Waals surface area contributed by atoms with Gasteiger partial charge in [-0.2, -0.15) is 0 Å². The number of hydrogen-bond donors (Lipinski definition) is 2. The first-order chi connectivity index (χ1) is 10.5. The number of H-pyrrole nitrogens is 1. The van der Waals surface area contributed by atoms with Crippen LogP contribution in [0.4, 0.5) is 0 Å². The van der Waals surface area contributed by atoms with Crippen molar-refractivity contribution in [2.24, 2.45) is 17.6 Å². The second-order valence-corrected chi connectivity index (χ2v) is 6.49. The molecule has 3 heterocycles. The van der Waals surface area contributed by atoms with E-state index in [4.69, 9.17) is 5.73 Å². The number of likely N-dealkylation sites (tertiary alicyclic amines) is 1. The molecule has 2 aromatic heterocycles. The number of nitrogens with one attached hydrogen (secondary N) is 1. The number of carbonyl (C=O) groups is 1. The minimum Gasteiger partial charge on any atom is -0.337 e. The highest BCUT2D eigenvalue weighted by molar-refractivity contribution is 5.94. The van der Waals surface area contributed by atoms with Crippen molar-refractivity contribution in [1.29, 1.82) is 0 Å². The van der Waals surface area contributed by atoms with Crippen molar-refractivity contribution in [3.63, 3.8) is 0 Å². The Bertz CT molecular complexity index is 804. The molecule has 2 aromatic rings. The smallest absolute Gasteiger partial charge is 0.285 e. The minimum atomic E-state index is -0.355. The molecule has 0 unspecified atom stereocenters. The molecule has 7 nitrogen and oxygen atoms in total. The van der Waals surface area contributed by atoms with E-state index in [1.165, 1.54) is 23.6 Å². The molecule has 2 atom stereocenters. The summed E-state index contributed by atoms with van der Waals surface area (Å²) in [5.41, 5.74) is 7.25. The molecule has 0 radical (unpaired) electrons. The van der Waals surface area contributed by atoms with Crippen LogP contribution in [0.2, 0.25) is 0 Å². The first-order valence-corrected chi connectivity index (χ1v) is 7.67. The van der Waals surface area contributed by atoms with E-state index < -0.39 is 0 Å². The Morgan fingerprint density at radius 1 is 1.41 bits per heavy atom. The zero-order valence-electron chi connectivity index (χ0n) is 12.5. The lowest BCUT2D eigenvalue weighted by molar-refractivity contribution is 0.0782. The summed E-state index contributed by atoms with van der Waals surface area (Å²) < 4.78 is 1.32. The van der Waals surface area contributed by atoms with E-state index in [0.717, 1.165) is 5.69 Å². The Balaban J connectivity index is 1.65. The van der Waals surface area contributed by atoms with Crippen molar-refractivity contribution in [1.82, 2.24) is 19.5 Å². The second kappa shape index (κ2) is 4.67. The van der Waals surface area contributed by atoms with Gasteiger partial charge in [0, 0.05) is 37.1 Å². The van der Waals surface area contributed by atoms with E-state index in [0.29, 0.717) is 30.6 Å². The van der Waals surface area contributed by atoms with Crippen molar-refractivity contribution in [3.05, 3.63) is 33.9 Å². The quantitative estimate of drug-likeness (QED) is 0.824. The number of nitrogens with zero attached hydrogens (tertiary/aromatic N) is 3. The molecule has 0 aromatic carbocycles. The van der Waals surface area contributed by atoms with Crippen LogP contribution in [0.15, 0.2) is 17.1 Å². The van der Waals surface area contributed by atoms with E-state index in [2.05, 4.69) is 10.1 Å². The number of aromatic nitrogens is 3. The first-order valence-electron chi connectivity index (χ1n) is 7.67. The second-order valence-electron chi connectivity index (χ2n) is 6.49. The summed E-state index contributed by atoms with van der Waals surface area (Å²) in [5, 5.41) is 2.90. The molecule has 22 heavy (non-hydrogen) atoms. The zero-order valence-corrected chi connectivity index (χ0v) is 12.5. The number of nitrogens with two attached hydrogens (primary N) is 1. The van der Waals surface area contributed by atoms with E-state index in [9.17, 15) is 9.59 Å². The van der Waals surface area contributed by atoms with Gasteiger partial charge in [-0.05, 0) is 31.6 Å². The average molecular weight is 301 g/mol. The maximum atomic E-state index is 12.7. The summed E-state index contributed by atoms with van der Waals surface area (Å²) in [7, 11) is 0. The number of carbonyl (C=O) groups excluding carboxylic acids is 1. The topological polar surface area (TPSA) is 96.5 Å². The van der Waals surface area contributed by atoms with E-state index in [-0.39, 0.29) is 23.1 Å². The lowest BCUT2D eigenvalue weighted by Crippen LogP contribution is -2.36. The van der Waals surface area contributed by atoms with Crippen molar-refractivity contribution < 1.29 is 4.79 Å². The van der Waals surface area contributed by atoms with Crippen LogP contribution in [-0.4, -0.2) is 44.5 Å². The van der Waals surface area contributed by atoms with Crippen molar-refractivity contribution in [2.45, 2.75) is 25.8 Å². The Labute approximate surface area is 127 Å². The van der Waals surface area contributed by atoms with Gasteiger partial charge in [0.2, 0.25) is 0 Å². The molecule has 116 valence electrons. The fourth-order valence-electron chi connectivity index (χ4n) is 3.44. The van der Waals surface area contributed by atoms with Gasteiger partial charge >= 0.3 is 0 Å². The van der Waals surface area contributed by atoms with Crippen molar-refractivity contribution >= 4 is 11.6 Å². The number of aromatic amines is 1. The fraction of sp³-hybridized carbons (Fsp3) is 0.533. The normalized spacial score (nSPS) is 25.1. The summed E-state index contributed by atoms with van der Waals surface area (Å²) in [6, 6.07) is 1.79. The van der Waals surface area contributed by atoms with E-state index in [1.54, 1.807) is 11.0 Å². The first kappa shape index (κ1) is 13.5. The Hall–Kier alpha value is -2.15. The van der Waals surface area contributed by atoms with Gasteiger partial charge in [0.05, 0.1) is 0 Å². The fourth-order valence-corrected chi connectivity index (χ4v) is 3.44. The lowest BCUT2D eigenvalue weighted by atomic mass is 9.99. The molecular formula is C15H19N5O2. The third-order valence-corrected chi connectivity index (χ3v) is 4.78. The van der Waals surface area contributed by atoms with Gasteiger partial charge in [-0.15, -0.1) is 0 Å². The van der Waals surface area contributed by atoms with Crippen LogP contribution < -0.4 is 11.3 Å². The molecule has 2 fully saturated rings. The summed E-state index contributed by atoms with van der Waals surface area (Å²) in [6.45, 7) is 3.01. The maximum Gasteiger partial charge on any atom is 0.285 e. The van der Waals surface area contributed by atoms with Crippen LogP contribution in [0.1, 0.15) is 28.9 Å². The highest BCUT2D eigenvalue weighted by Crippen LogP contribution is 2.40. The van der Waals surface area contributed by atoms with Crippen molar-refractivity contribution in [3.8, 4) is 0 Å². The third kappa shape index (κ3) is 2.04. The molecule has 1 saturated carbocycles. The molecule has 1 aliphatic carbocycles. The molecule has 3 N–H and O–H groups in total. The van der Waals surface area contributed by atoms with Gasteiger partial charge in [0.25, 0.3) is 11.5 Å². The predicted octanol–water partition coefficient (Wildman–Crippen LogP) is 0.140.